The first-order chi connectivity index (χ1) is 14.4. The lowest BCUT2D eigenvalue weighted by Gasteiger charge is -2.39. The third kappa shape index (κ3) is 4.74. The van der Waals surface area contributed by atoms with Gasteiger partial charge in [0.1, 0.15) is 28.5 Å². The van der Waals surface area contributed by atoms with E-state index in [1.807, 2.05) is 12.1 Å². The van der Waals surface area contributed by atoms with E-state index in [-0.39, 0.29) is 0 Å². The smallest absolute Gasteiger partial charge is 0.127 e. The largest absolute Gasteiger partial charge is 0.497 e. The number of benzene rings is 3. The Kier molecular flexibility index (Phi) is 6.14. The van der Waals surface area contributed by atoms with Crippen LogP contribution in [0.15, 0.2) is 72.8 Å². The van der Waals surface area contributed by atoms with Crippen LogP contribution < -0.4 is 9.47 Å². The average Bonchev–Trinajstić information content (AvgIpc) is 2.74. The van der Waals surface area contributed by atoms with Crippen LogP contribution in [-0.4, -0.2) is 22.4 Å². The number of aliphatic hydroxyl groups is 3. The summed E-state index contributed by atoms with van der Waals surface area (Å²) in [7, 11) is 1.58. The molecule has 0 bridgehead atoms. The SMILES string of the molecule is COc1ccc(C(C)(O)C(C)(O)c2ccc(Oc3ccc(C(C)(C)O)cc3)cc2)cc1. The van der Waals surface area contributed by atoms with Crippen LogP contribution in [0.5, 0.6) is 17.2 Å². The molecular weight excluding hydrogens is 392 g/mol. The van der Waals surface area contributed by atoms with Gasteiger partial charge in [-0.3, -0.25) is 0 Å². The van der Waals surface area contributed by atoms with Gasteiger partial charge < -0.3 is 24.8 Å². The van der Waals surface area contributed by atoms with Crippen molar-refractivity contribution in [1.82, 2.24) is 0 Å². The van der Waals surface area contributed by atoms with Crippen molar-refractivity contribution in [1.29, 1.82) is 0 Å². The van der Waals surface area contributed by atoms with Crippen molar-refractivity contribution >= 4 is 0 Å². The number of hydrogen-bond acceptors (Lipinski definition) is 5. The zero-order chi connectivity index (χ0) is 22.9. The van der Waals surface area contributed by atoms with Gasteiger partial charge in [-0.05, 0) is 80.8 Å². The molecule has 164 valence electrons. The van der Waals surface area contributed by atoms with E-state index in [2.05, 4.69) is 0 Å². The highest BCUT2D eigenvalue weighted by Crippen LogP contribution is 2.41. The van der Waals surface area contributed by atoms with Gasteiger partial charge in [0.2, 0.25) is 0 Å². The van der Waals surface area contributed by atoms with Crippen LogP contribution >= 0.6 is 0 Å². The summed E-state index contributed by atoms with van der Waals surface area (Å²) in [4.78, 5) is 0. The first-order valence-corrected chi connectivity index (χ1v) is 10.2. The molecule has 3 rings (SSSR count). The van der Waals surface area contributed by atoms with E-state index < -0.39 is 16.8 Å². The molecule has 31 heavy (non-hydrogen) atoms. The topological polar surface area (TPSA) is 79.2 Å². The minimum Gasteiger partial charge on any atom is -0.497 e. The third-order valence-corrected chi connectivity index (χ3v) is 5.81. The van der Waals surface area contributed by atoms with Crippen molar-refractivity contribution in [2.24, 2.45) is 0 Å². The third-order valence-electron chi connectivity index (χ3n) is 5.81. The molecule has 2 atom stereocenters. The highest BCUT2D eigenvalue weighted by molar-refractivity contribution is 5.40. The Balaban J connectivity index is 1.79. The highest BCUT2D eigenvalue weighted by atomic mass is 16.5. The molecule has 0 aliphatic heterocycles. The van der Waals surface area contributed by atoms with E-state index in [1.54, 1.807) is 95.5 Å². The van der Waals surface area contributed by atoms with Crippen molar-refractivity contribution in [3.63, 3.8) is 0 Å². The summed E-state index contributed by atoms with van der Waals surface area (Å²) < 4.78 is 11.0. The average molecular weight is 423 g/mol. The quantitative estimate of drug-likeness (QED) is 0.508. The molecule has 0 spiro atoms. The van der Waals surface area contributed by atoms with Gasteiger partial charge in [0, 0.05) is 0 Å². The van der Waals surface area contributed by atoms with E-state index in [0.29, 0.717) is 28.4 Å². The highest BCUT2D eigenvalue weighted by Gasteiger charge is 2.44. The molecule has 3 aromatic rings. The van der Waals surface area contributed by atoms with Gasteiger partial charge in [0.05, 0.1) is 12.7 Å². The molecule has 3 N–H and O–H groups in total. The predicted octanol–water partition coefficient (Wildman–Crippen LogP) is 4.83. The first-order valence-electron chi connectivity index (χ1n) is 10.2. The molecular formula is C26H30O5. The Labute approximate surface area is 183 Å². The van der Waals surface area contributed by atoms with Gasteiger partial charge in [-0.1, -0.05) is 36.4 Å². The second-order valence-electron chi connectivity index (χ2n) is 8.58. The zero-order valence-electron chi connectivity index (χ0n) is 18.6. The van der Waals surface area contributed by atoms with Crippen molar-refractivity contribution in [2.75, 3.05) is 7.11 Å². The van der Waals surface area contributed by atoms with Crippen LogP contribution in [-0.2, 0) is 16.8 Å². The lowest BCUT2D eigenvalue weighted by molar-refractivity contribution is -0.143. The maximum absolute atomic E-state index is 11.2. The summed E-state index contributed by atoms with van der Waals surface area (Å²) in [5, 5.41) is 32.5. The van der Waals surface area contributed by atoms with E-state index in [1.165, 1.54) is 0 Å². The maximum atomic E-state index is 11.2. The second kappa shape index (κ2) is 8.35. The molecule has 0 aliphatic rings. The molecule has 0 fully saturated rings. The normalized spacial score (nSPS) is 15.6. The van der Waals surface area contributed by atoms with Crippen LogP contribution in [0.2, 0.25) is 0 Å². The second-order valence-corrected chi connectivity index (χ2v) is 8.58. The minimum absolute atomic E-state index is 0.554. The summed E-state index contributed by atoms with van der Waals surface area (Å²) in [6.07, 6.45) is 0. The summed E-state index contributed by atoms with van der Waals surface area (Å²) in [5.74, 6) is 1.91. The molecule has 0 aliphatic carbocycles. The molecule has 3 aromatic carbocycles. The number of ether oxygens (including phenoxy) is 2. The molecule has 5 heteroatoms. The van der Waals surface area contributed by atoms with Crippen molar-refractivity contribution in [2.45, 2.75) is 44.5 Å². The fourth-order valence-corrected chi connectivity index (χ4v) is 3.39. The van der Waals surface area contributed by atoms with Crippen LogP contribution in [0, 0.1) is 0 Å². The Morgan fingerprint density at radius 2 is 0.839 bits per heavy atom. The van der Waals surface area contributed by atoms with E-state index in [4.69, 9.17) is 9.47 Å². The number of methoxy groups -OCH3 is 1. The molecule has 0 radical (unpaired) electrons. The minimum atomic E-state index is -1.55. The van der Waals surface area contributed by atoms with Gasteiger partial charge in [0.25, 0.3) is 0 Å². The molecule has 0 amide bonds. The van der Waals surface area contributed by atoms with Crippen LogP contribution in [0.4, 0.5) is 0 Å². The van der Waals surface area contributed by atoms with Crippen LogP contribution in [0.3, 0.4) is 0 Å². The van der Waals surface area contributed by atoms with Gasteiger partial charge in [-0.2, -0.15) is 0 Å². The van der Waals surface area contributed by atoms with Crippen molar-refractivity contribution < 1.29 is 24.8 Å². The predicted molar refractivity (Wildman–Crippen MR) is 120 cm³/mol. The molecule has 0 aromatic heterocycles. The Morgan fingerprint density at radius 3 is 1.16 bits per heavy atom. The molecule has 0 saturated carbocycles. The monoisotopic (exact) mass is 422 g/mol. The van der Waals surface area contributed by atoms with Gasteiger partial charge in [0.15, 0.2) is 0 Å². The van der Waals surface area contributed by atoms with Crippen molar-refractivity contribution in [3.8, 4) is 17.2 Å². The fraction of sp³-hybridized carbons (Fsp3) is 0.308. The molecule has 0 saturated heterocycles. The van der Waals surface area contributed by atoms with E-state index >= 15 is 0 Å². The van der Waals surface area contributed by atoms with E-state index in [0.717, 1.165) is 5.56 Å². The van der Waals surface area contributed by atoms with Gasteiger partial charge in [-0.25, -0.2) is 0 Å². The maximum Gasteiger partial charge on any atom is 0.127 e. The zero-order valence-corrected chi connectivity index (χ0v) is 18.6. The lowest BCUT2D eigenvalue weighted by Crippen LogP contribution is -2.45. The Morgan fingerprint density at radius 1 is 0.516 bits per heavy atom. The summed E-state index contributed by atoms with van der Waals surface area (Å²) >= 11 is 0. The van der Waals surface area contributed by atoms with Gasteiger partial charge in [-0.15, -0.1) is 0 Å². The summed E-state index contributed by atoms with van der Waals surface area (Å²) in [6.45, 7) is 6.63. The number of rotatable bonds is 7. The van der Waals surface area contributed by atoms with E-state index in [9.17, 15) is 15.3 Å². The Bertz CT molecular complexity index is 996. The standard InChI is InChI=1S/C26H30O5/c1-24(2,27)18-6-14-22(15-7-18)31-23-16-10-20(11-17-23)26(4,29)25(3,28)19-8-12-21(30-5)13-9-19/h6-17,27-29H,1-5H3. The van der Waals surface area contributed by atoms with Crippen molar-refractivity contribution in [3.05, 3.63) is 89.5 Å². The summed E-state index contributed by atoms with van der Waals surface area (Å²) in [6, 6.07) is 21.2. The lowest BCUT2D eigenvalue weighted by atomic mass is 9.76. The molecule has 5 nitrogen and oxygen atoms in total. The molecule has 2 unspecified atom stereocenters. The Hall–Kier alpha value is -2.86. The number of hydrogen-bond donors (Lipinski definition) is 3. The summed E-state index contributed by atoms with van der Waals surface area (Å²) in [5.41, 5.74) is -2.06. The van der Waals surface area contributed by atoms with Crippen LogP contribution in [0.25, 0.3) is 0 Å². The van der Waals surface area contributed by atoms with Gasteiger partial charge >= 0.3 is 0 Å². The molecule has 0 heterocycles. The fourth-order valence-electron chi connectivity index (χ4n) is 3.39. The van der Waals surface area contributed by atoms with Crippen LogP contribution in [0.1, 0.15) is 44.4 Å². The first kappa shape index (κ1) is 22.8.